The zero-order valence-electron chi connectivity index (χ0n) is 17.3. The average Bonchev–Trinajstić information content (AvgIpc) is 3.18. The molecule has 1 N–H and O–H groups in total. The molecule has 2 aromatic carbocycles. The summed E-state index contributed by atoms with van der Waals surface area (Å²) in [6.45, 7) is 6.92. The fourth-order valence-corrected chi connectivity index (χ4v) is 4.03. The third-order valence-electron chi connectivity index (χ3n) is 4.41. The van der Waals surface area contributed by atoms with Crippen LogP contribution in [-0.4, -0.2) is 24.1 Å². The van der Waals surface area contributed by atoms with E-state index < -0.39 is 0 Å². The van der Waals surface area contributed by atoms with Gasteiger partial charge in [-0.25, -0.2) is 4.98 Å². The number of nitrogens with zero attached hydrogens (tertiary/aromatic N) is 1. The number of amides is 1. The quantitative estimate of drug-likeness (QED) is 0.461. The van der Waals surface area contributed by atoms with Crippen LogP contribution in [0.1, 0.15) is 38.1 Å². The van der Waals surface area contributed by atoms with Gasteiger partial charge in [0.25, 0.3) is 0 Å². The van der Waals surface area contributed by atoms with E-state index in [0.717, 1.165) is 21.8 Å². The summed E-state index contributed by atoms with van der Waals surface area (Å²) in [7, 11) is 0. The van der Waals surface area contributed by atoms with Gasteiger partial charge in [-0.05, 0) is 50.6 Å². The van der Waals surface area contributed by atoms with Crippen LogP contribution in [0.3, 0.4) is 0 Å². The molecule has 0 saturated carbocycles. The molecule has 0 spiro atoms. The molecule has 1 unspecified atom stereocenters. The van der Waals surface area contributed by atoms with Crippen LogP contribution in [0.15, 0.2) is 47.8 Å². The van der Waals surface area contributed by atoms with Crippen molar-refractivity contribution in [3.05, 3.63) is 64.1 Å². The van der Waals surface area contributed by atoms with Crippen LogP contribution in [0.2, 0.25) is 5.02 Å². The van der Waals surface area contributed by atoms with Crippen LogP contribution < -0.4 is 14.8 Å². The number of nitrogens with one attached hydrogen (secondary N) is 1. The smallest absolute Gasteiger partial charge is 0.226 e. The Balaban J connectivity index is 1.64. The van der Waals surface area contributed by atoms with Gasteiger partial charge in [0.05, 0.1) is 31.4 Å². The molecule has 3 rings (SSSR count). The molecule has 5 nitrogen and oxygen atoms in total. The summed E-state index contributed by atoms with van der Waals surface area (Å²) in [5.74, 6) is 1.30. The van der Waals surface area contributed by atoms with Crippen molar-refractivity contribution in [3.63, 3.8) is 0 Å². The molecule has 0 saturated heterocycles. The van der Waals surface area contributed by atoms with Crippen molar-refractivity contribution >= 4 is 28.8 Å². The maximum absolute atomic E-state index is 12.6. The van der Waals surface area contributed by atoms with Gasteiger partial charge in [0.1, 0.15) is 5.01 Å². The first-order valence-electron chi connectivity index (χ1n) is 9.89. The SMILES string of the molecule is CCOc1ccc(C(C)NC(=O)Cc2csc(-c3cccc(Cl)c3)n2)cc1OCC. The summed E-state index contributed by atoms with van der Waals surface area (Å²) in [5.41, 5.74) is 2.64. The van der Waals surface area contributed by atoms with E-state index in [1.54, 1.807) is 0 Å². The van der Waals surface area contributed by atoms with Gasteiger partial charge >= 0.3 is 0 Å². The van der Waals surface area contributed by atoms with Gasteiger partial charge < -0.3 is 14.8 Å². The lowest BCUT2D eigenvalue weighted by Crippen LogP contribution is -2.28. The zero-order chi connectivity index (χ0) is 21.5. The number of hydrogen-bond donors (Lipinski definition) is 1. The highest BCUT2D eigenvalue weighted by atomic mass is 35.5. The number of hydrogen-bond acceptors (Lipinski definition) is 5. The van der Waals surface area contributed by atoms with Crippen molar-refractivity contribution in [2.75, 3.05) is 13.2 Å². The summed E-state index contributed by atoms with van der Waals surface area (Å²) in [6, 6.07) is 13.1. The molecule has 0 fully saturated rings. The molecule has 1 amide bonds. The number of aromatic nitrogens is 1. The Bertz CT molecular complexity index is 1010. The van der Waals surface area contributed by atoms with E-state index in [1.807, 2.05) is 68.6 Å². The molecular weight excluding hydrogens is 420 g/mol. The topological polar surface area (TPSA) is 60.5 Å². The second-order valence-electron chi connectivity index (χ2n) is 6.69. The Morgan fingerprint density at radius 2 is 1.90 bits per heavy atom. The van der Waals surface area contributed by atoms with Gasteiger partial charge in [-0.2, -0.15) is 0 Å². The Hall–Kier alpha value is -2.57. The van der Waals surface area contributed by atoms with Crippen molar-refractivity contribution in [2.24, 2.45) is 0 Å². The van der Waals surface area contributed by atoms with Crippen molar-refractivity contribution in [2.45, 2.75) is 33.2 Å². The monoisotopic (exact) mass is 444 g/mol. The first-order valence-corrected chi connectivity index (χ1v) is 11.1. The maximum Gasteiger partial charge on any atom is 0.226 e. The normalized spacial score (nSPS) is 11.7. The summed E-state index contributed by atoms with van der Waals surface area (Å²) >= 11 is 7.56. The third-order valence-corrected chi connectivity index (χ3v) is 5.59. The van der Waals surface area contributed by atoms with E-state index in [-0.39, 0.29) is 18.4 Å². The first-order chi connectivity index (χ1) is 14.5. The summed E-state index contributed by atoms with van der Waals surface area (Å²) < 4.78 is 11.3. The predicted octanol–water partition coefficient (Wildman–Crippen LogP) is 5.68. The van der Waals surface area contributed by atoms with Crippen LogP contribution in [0.5, 0.6) is 11.5 Å². The lowest BCUT2D eigenvalue weighted by molar-refractivity contribution is -0.121. The van der Waals surface area contributed by atoms with E-state index >= 15 is 0 Å². The van der Waals surface area contributed by atoms with Crippen LogP contribution in [0.25, 0.3) is 10.6 Å². The van der Waals surface area contributed by atoms with Gasteiger partial charge in [-0.1, -0.05) is 29.8 Å². The van der Waals surface area contributed by atoms with E-state index in [9.17, 15) is 4.79 Å². The molecule has 1 aromatic heterocycles. The van der Waals surface area contributed by atoms with Crippen molar-refractivity contribution < 1.29 is 14.3 Å². The van der Waals surface area contributed by atoms with Gasteiger partial charge in [-0.15, -0.1) is 11.3 Å². The molecule has 0 radical (unpaired) electrons. The highest BCUT2D eigenvalue weighted by Crippen LogP contribution is 2.31. The molecule has 158 valence electrons. The minimum absolute atomic E-state index is 0.0858. The van der Waals surface area contributed by atoms with Crippen molar-refractivity contribution in [1.29, 1.82) is 0 Å². The van der Waals surface area contributed by atoms with E-state index in [1.165, 1.54) is 11.3 Å². The number of thiazole rings is 1. The lowest BCUT2D eigenvalue weighted by atomic mass is 10.1. The molecule has 0 bridgehead atoms. The highest BCUT2D eigenvalue weighted by molar-refractivity contribution is 7.13. The summed E-state index contributed by atoms with van der Waals surface area (Å²) in [4.78, 5) is 17.1. The number of rotatable bonds is 9. The predicted molar refractivity (Wildman–Crippen MR) is 122 cm³/mol. The Labute approximate surface area is 186 Å². The van der Waals surface area contributed by atoms with Crippen molar-refractivity contribution in [3.8, 4) is 22.1 Å². The molecule has 30 heavy (non-hydrogen) atoms. The molecular formula is C23H25ClN2O3S. The molecule has 3 aromatic rings. The standard InChI is InChI=1S/C23H25ClN2O3S/c1-4-28-20-10-9-16(12-21(20)29-5-2)15(3)25-22(27)13-19-14-30-23(26-19)17-7-6-8-18(24)11-17/h6-12,14-15H,4-5,13H2,1-3H3,(H,25,27). The maximum atomic E-state index is 12.6. The van der Waals surface area contributed by atoms with Crippen molar-refractivity contribution in [1.82, 2.24) is 10.3 Å². The second-order valence-corrected chi connectivity index (χ2v) is 7.99. The number of carbonyl (C=O) groups excluding carboxylic acids is 1. The largest absolute Gasteiger partial charge is 0.490 e. The van der Waals surface area contributed by atoms with E-state index in [0.29, 0.717) is 29.7 Å². The number of carbonyl (C=O) groups is 1. The van der Waals surface area contributed by atoms with E-state index in [4.69, 9.17) is 21.1 Å². The molecule has 7 heteroatoms. The minimum atomic E-state index is -0.168. The zero-order valence-corrected chi connectivity index (χ0v) is 18.8. The molecule has 1 heterocycles. The van der Waals surface area contributed by atoms with Crippen LogP contribution in [0.4, 0.5) is 0 Å². The number of ether oxygens (including phenoxy) is 2. The Kier molecular flexibility index (Phi) is 7.71. The van der Waals surface area contributed by atoms with Crippen LogP contribution in [0, 0.1) is 0 Å². The molecule has 0 aliphatic carbocycles. The molecule has 0 aliphatic rings. The molecule has 1 atom stereocenters. The summed E-state index contributed by atoms with van der Waals surface area (Å²) in [6.07, 6.45) is 0.219. The van der Waals surface area contributed by atoms with Gasteiger partial charge in [-0.3, -0.25) is 4.79 Å². The van der Waals surface area contributed by atoms with Crippen LogP contribution in [-0.2, 0) is 11.2 Å². The van der Waals surface area contributed by atoms with Crippen LogP contribution >= 0.6 is 22.9 Å². The second kappa shape index (κ2) is 10.5. The number of halogens is 1. The van der Waals surface area contributed by atoms with Gasteiger partial charge in [0, 0.05) is 16.0 Å². The first kappa shape index (κ1) is 22.1. The average molecular weight is 445 g/mol. The summed E-state index contributed by atoms with van der Waals surface area (Å²) in [5, 5.41) is 6.45. The minimum Gasteiger partial charge on any atom is -0.490 e. The Morgan fingerprint density at radius 1 is 1.13 bits per heavy atom. The van der Waals surface area contributed by atoms with Gasteiger partial charge in [0.2, 0.25) is 5.91 Å². The Morgan fingerprint density at radius 3 is 2.63 bits per heavy atom. The number of benzene rings is 2. The fourth-order valence-electron chi connectivity index (χ4n) is 3.02. The molecule has 0 aliphatic heterocycles. The van der Waals surface area contributed by atoms with E-state index in [2.05, 4.69) is 10.3 Å². The fraction of sp³-hybridized carbons (Fsp3) is 0.304. The third kappa shape index (κ3) is 5.74. The van der Waals surface area contributed by atoms with Gasteiger partial charge in [0.15, 0.2) is 11.5 Å². The lowest BCUT2D eigenvalue weighted by Gasteiger charge is -2.17. The highest BCUT2D eigenvalue weighted by Gasteiger charge is 2.15.